The summed E-state index contributed by atoms with van der Waals surface area (Å²) in [5.41, 5.74) is 2.89. The van der Waals surface area contributed by atoms with Crippen molar-refractivity contribution in [1.82, 2.24) is 14.5 Å². The third kappa shape index (κ3) is 5.31. The Morgan fingerprint density at radius 2 is 1.89 bits per heavy atom. The number of aryl methyl sites for hydroxylation is 1. The third-order valence-corrected chi connectivity index (χ3v) is 6.80. The van der Waals surface area contributed by atoms with Gasteiger partial charge < -0.3 is 14.3 Å². The smallest absolute Gasteiger partial charge is 0.270 e. The van der Waals surface area contributed by atoms with Crippen LogP contribution in [-0.2, 0) is 11.9 Å². The van der Waals surface area contributed by atoms with Crippen molar-refractivity contribution in [2.24, 2.45) is 18.1 Å². The summed E-state index contributed by atoms with van der Waals surface area (Å²) < 4.78 is 1.42. The summed E-state index contributed by atoms with van der Waals surface area (Å²) in [4.78, 5) is 29.6. The van der Waals surface area contributed by atoms with Gasteiger partial charge in [-0.15, -0.1) is 0 Å². The van der Waals surface area contributed by atoms with Gasteiger partial charge in [0.05, 0.1) is 16.9 Å². The summed E-state index contributed by atoms with van der Waals surface area (Å²) in [6.45, 7) is 5.91. The minimum Gasteiger partial charge on any atom is -0.390 e. The lowest BCUT2D eigenvalue weighted by atomic mass is 9.80. The lowest BCUT2D eigenvalue weighted by Crippen LogP contribution is -2.39. The molecule has 37 heavy (non-hydrogen) atoms. The highest BCUT2D eigenvalue weighted by atomic mass is 16.6. The zero-order valence-corrected chi connectivity index (χ0v) is 21.9. The van der Waals surface area contributed by atoms with Gasteiger partial charge in [-0.2, -0.15) is 10.5 Å². The molecule has 0 radical (unpaired) electrons. The molecule has 1 saturated carbocycles. The molecule has 0 unspecified atom stereocenters. The van der Waals surface area contributed by atoms with Crippen LogP contribution in [0.4, 0.5) is 5.69 Å². The predicted octanol–water partition coefficient (Wildman–Crippen LogP) is 4.29. The normalized spacial score (nSPS) is 18.2. The minimum absolute atomic E-state index is 0.0402. The molecular weight excluding hydrogens is 466 g/mol. The topological polar surface area (TPSA) is 120 Å². The number of pyridine rings is 3. The van der Waals surface area contributed by atoms with E-state index in [9.17, 15) is 15.3 Å². The fourth-order valence-electron chi connectivity index (χ4n) is 4.88. The molecule has 0 saturated heterocycles. The standard InChI is InChI=1S/C28H31N7O2/c1-28(2,3)37-33-24(19-7-6-14-31-17-19)18-8-11-21(12-9-18)34(4)26-22(16-30)27(36)35(5)23-13-10-20(15-29)32-25(23)26/h6-7,10,13-14,17-18,21H,8-9,11-12H2,1-5H3/b33-24-. The number of hydrogen-bond donors (Lipinski definition) is 0. The second-order valence-electron chi connectivity index (χ2n) is 10.4. The average Bonchev–Trinajstić information content (AvgIpc) is 2.90. The van der Waals surface area contributed by atoms with E-state index < -0.39 is 5.60 Å². The van der Waals surface area contributed by atoms with E-state index in [0.717, 1.165) is 37.0 Å². The van der Waals surface area contributed by atoms with E-state index in [1.54, 1.807) is 25.4 Å². The van der Waals surface area contributed by atoms with Crippen LogP contribution in [0.25, 0.3) is 11.0 Å². The third-order valence-electron chi connectivity index (χ3n) is 6.80. The lowest BCUT2D eigenvalue weighted by Gasteiger charge is -2.37. The van der Waals surface area contributed by atoms with E-state index in [0.29, 0.717) is 16.7 Å². The van der Waals surface area contributed by atoms with Crippen molar-refractivity contribution >= 4 is 22.4 Å². The number of rotatable bonds is 5. The first-order chi connectivity index (χ1) is 17.6. The largest absolute Gasteiger partial charge is 0.390 e. The van der Waals surface area contributed by atoms with E-state index in [1.807, 2.05) is 51.0 Å². The molecule has 0 atom stereocenters. The average molecular weight is 498 g/mol. The van der Waals surface area contributed by atoms with E-state index in [1.165, 1.54) is 4.57 Å². The van der Waals surface area contributed by atoms with Crippen molar-refractivity contribution < 1.29 is 4.84 Å². The first kappa shape index (κ1) is 25.8. The van der Waals surface area contributed by atoms with Crippen LogP contribution in [0.15, 0.2) is 46.6 Å². The van der Waals surface area contributed by atoms with Gasteiger partial charge in [0, 0.05) is 44.0 Å². The summed E-state index contributed by atoms with van der Waals surface area (Å²) in [5, 5.41) is 23.9. The van der Waals surface area contributed by atoms with Gasteiger partial charge in [0.25, 0.3) is 5.56 Å². The molecule has 0 bridgehead atoms. The van der Waals surface area contributed by atoms with Crippen LogP contribution < -0.4 is 10.5 Å². The van der Waals surface area contributed by atoms with Crippen LogP contribution in [0.3, 0.4) is 0 Å². The molecule has 9 nitrogen and oxygen atoms in total. The van der Waals surface area contributed by atoms with E-state index in [-0.39, 0.29) is 28.8 Å². The Labute approximate surface area is 216 Å². The molecule has 1 fully saturated rings. The van der Waals surface area contributed by atoms with Crippen LogP contribution in [0, 0.1) is 28.6 Å². The predicted molar refractivity (Wildman–Crippen MR) is 142 cm³/mol. The van der Waals surface area contributed by atoms with Crippen molar-refractivity contribution in [3.63, 3.8) is 0 Å². The summed E-state index contributed by atoms with van der Waals surface area (Å²) in [5.74, 6) is 0.190. The number of hydrogen-bond acceptors (Lipinski definition) is 8. The SMILES string of the molecule is CN(c1c(C#N)c(=O)n(C)c2ccc(C#N)nc12)C1CCC(/C(=N/OC(C)(C)C)c2cccnc2)CC1. The van der Waals surface area contributed by atoms with Crippen molar-refractivity contribution in [3.8, 4) is 12.1 Å². The Balaban J connectivity index is 1.66. The van der Waals surface area contributed by atoms with Crippen LogP contribution >= 0.6 is 0 Å². The van der Waals surface area contributed by atoms with Crippen molar-refractivity contribution in [2.45, 2.75) is 58.1 Å². The van der Waals surface area contributed by atoms with Crippen molar-refractivity contribution in [3.05, 3.63) is 63.8 Å². The van der Waals surface area contributed by atoms with Crippen LogP contribution in [0.5, 0.6) is 0 Å². The Bertz CT molecular complexity index is 1470. The molecule has 0 spiro atoms. The van der Waals surface area contributed by atoms with Crippen LogP contribution in [0.1, 0.15) is 63.3 Å². The Hall–Kier alpha value is -4.24. The van der Waals surface area contributed by atoms with Gasteiger partial charge in [0.2, 0.25) is 0 Å². The minimum atomic E-state index is -0.408. The molecule has 0 amide bonds. The molecule has 4 rings (SSSR count). The highest BCUT2D eigenvalue weighted by Gasteiger charge is 2.31. The fraction of sp³-hybridized carbons (Fsp3) is 0.429. The number of oxime groups is 1. The quantitative estimate of drug-likeness (QED) is 0.381. The number of nitrogens with zero attached hydrogens (tertiary/aromatic N) is 7. The zero-order valence-electron chi connectivity index (χ0n) is 21.9. The number of nitriles is 2. The lowest BCUT2D eigenvalue weighted by molar-refractivity contribution is -0.0000327. The maximum atomic E-state index is 13.0. The summed E-state index contributed by atoms with van der Waals surface area (Å²) in [7, 11) is 3.52. The van der Waals surface area contributed by atoms with E-state index in [4.69, 9.17) is 4.84 Å². The first-order valence-corrected chi connectivity index (χ1v) is 12.4. The number of aromatic nitrogens is 3. The first-order valence-electron chi connectivity index (χ1n) is 12.4. The molecule has 3 aromatic rings. The molecule has 190 valence electrons. The summed E-state index contributed by atoms with van der Waals surface area (Å²) in [6.07, 6.45) is 6.93. The zero-order chi connectivity index (χ0) is 26.7. The maximum absolute atomic E-state index is 13.0. The fourth-order valence-corrected chi connectivity index (χ4v) is 4.88. The Kier molecular flexibility index (Phi) is 7.26. The molecule has 9 heteroatoms. The van der Waals surface area contributed by atoms with Crippen molar-refractivity contribution in [2.75, 3.05) is 11.9 Å². The second-order valence-corrected chi connectivity index (χ2v) is 10.4. The highest BCUT2D eigenvalue weighted by Crippen LogP contribution is 2.35. The highest BCUT2D eigenvalue weighted by molar-refractivity contribution is 6.01. The van der Waals surface area contributed by atoms with Gasteiger partial charge in [-0.3, -0.25) is 9.78 Å². The van der Waals surface area contributed by atoms with E-state index in [2.05, 4.69) is 27.3 Å². The van der Waals surface area contributed by atoms with Gasteiger partial charge in [0.1, 0.15) is 34.5 Å². The van der Waals surface area contributed by atoms with E-state index >= 15 is 0 Å². The number of anilines is 1. The summed E-state index contributed by atoms with van der Waals surface area (Å²) >= 11 is 0. The molecule has 3 heterocycles. The molecule has 1 aliphatic carbocycles. The Morgan fingerprint density at radius 3 is 2.49 bits per heavy atom. The van der Waals surface area contributed by atoms with Crippen molar-refractivity contribution in [1.29, 1.82) is 10.5 Å². The van der Waals surface area contributed by atoms with Gasteiger partial charge in [0.15, 0.2) is 0 Å². The van der Waals surface area contributed by atoms with Gasteiger partial charge in [-0.25, -0.2) is 4.98 Å². The summed E-state index contributed by atoms with van der Waals surface area (Å²) in [6, 6.07) is 11.4. The number of fused-ring (bicyclic) bond motifs is 1. The van der Waals surface area contributed by atoms with Gasteiger partial charge >= 0.3 is 0 Å². The van der Waals surface area contributed by atoms with Crippen LogP contribution in [0.2, 0.25) is 0 Å². The monoisotopic (exact) mass is 497 g/mol. The Morgan fingerprint density at radius 1 is 1.16 bits per heavy atom. The molecule has 0 aliphatic heterocycles. The molecule has 0 aromatic carbocycles. The maximum Gasteiger partial charge on any atom is 0.270 e. The van der Waals surface area contributed by atoms with Gasteiger partial charge in [-0.1, -0.05) is 5.16 Å². The molecule has 0 N–H and O–H groups in total. The molecular formula is C28H31N7O2. The molecule has 1 aliphatic rings. The molecule has 3 aromatic heterocycles. The second kappa shape index (κ2) is 10.4. The van der Waals surface area contributed by atoms with Gasteiger partial charge in [-0.05, 0) is 70.7 Å². The van der Waals surface area contributed by atoms with Crippen LogP contribution in [-0.4, -0.2) is 38.9 Å².